The number of carbonyl (C=O) groups is 1. The molecule has 1 aromatic carbocycles. The number of aryl methyl sites for hydroxylation is 1. The quantitative estimate of drug-likeness (QED) is 0.345. The first-order valence-electron chi connectivity index (χ1n) is 12.6. The number of hydrogen-bond acceptors (Lipinski definition) is 8. The minimum Gasteiger partial charge on any atom is -0.455 e. The van der Waals surface area contributed by atoms with Crippen molar-refractivity contribution in [3.63, 3.8) is 0 Å². The van der Waals surface area contributed by atoms with Gasteiger partial charge in [0.05, 0.1) is 11.9 Å². The Balaban J connectivity index is 1.12. The molecule has 190 valence electrons. The van der Waals surface area contributed by atoms with Gasteiger partial charge in [0.2, 0.25) is 0 Å². The minimum atomic E-state index is -0.206. The van der Waals surface area contributed by atoms with Crippen molar-refractivity contribution in [1.82, 2.24) is 20.2 Å². The summed E-state index contributed by atoms with van der Waals surface area (Å²) in [6.07, 6.45) is 2.15. The van der Waals surface area contributed by atoms with Crippen LogP contribution in [0.1, 0.15) is 40.4 Å². The van der Waals surface area contributed by atoms with Crippen molar-refractivity contribution in [1.29, 1.82) is 0 Å². The normalized spacial score (nSPS) is 18.5. The van der Waals surface area contributed by atoms with Gasteiger partial charge in [-0.15, -0.1) is 0 Å². The summed E-state index contributed by atoms with van der Waals surface area (Å²) in [5.74, 6) is 2.37. The number of nitrogens with zero attached hydrogens (tertiary/aromatic N) is 4. The maximum absolute atomic E-state index is 12.4. The van der Waals surface area contributed by atoms with Crippen molar-refractivity contribution >= 4 is 23.5 Å². The smallest absolute Gasteiger partial charge is 0.287 e. The van der Waals surface area contributed by atoms with E-state index in [2.05, 4.69) is 56.5 Å². The molecule has 1 unspecified atom stereocenters. The van der Waals surface area contributed by atoms with Crippen LogP contribution in [0.15, 0.2) is 58.1 Å². The fourth-order valence-electron chi connectivity index (χ4n) is 4.54. The summed E-state index contributed by atoms with van der Waals surface area (Å²) in [6, 6.07) is 16.2. The molecule has 2 saturated heterocycles. The zero-order valence-electron chi connectivity index (χ0n) is 20.7. The highest BCUT2D eigenvalue weighted by atomic mass is 32.2. The van der Waals surface area contributed by atoms with Gasteiger partial charge < -0.3 is 19.4 Å². The van der Waals surface area contributed by atoms with Crippen molar-refractivity contribution in [2.75, 3.05) is 44.2 Å². The third kappa shape index (κ3) is 6.66. The van der Waals surface area contributed by atoms with Crippen molar-refractivity contribution < 1.29 is 13.9 Å². The first-order valence-corrected chi connectivity index (χ1v) is 13.6. The molecule has 0 radical (unpaired) electrons. The van der Waals surface area contributed by atoms with E-state index in [1.165, 1.54) is 17.3 Å². The molecule has 0 aliphatic carbocycles. The lowest BCUT2D eigenvalue weighted by atomic mass is 10.2. The molecular weight excluding hydrogens is 474 g/mol. The van der Waals surface area contributed by atoms with Crippen LogP contribution in [0.3, 0.4) is 0 Å². The fourth-order valence-corrected chi connectivity index (χ4v) is 5.33. The molecule has 1 N–H and O–H groups in total. The van der Waals surface area contributed by atoms with E-state index in [0.717, 1.165) is 74.6 Å². The topological polar surface area (TPSA) is 83.7 Å². The molecular formula is C27H33N5O3S. The Bertz CT molecular complexity index is 1140. The fraction of sp³-hybridized carbons (Fsp3) is 0.444. The predicted molar refractivity (Wildman–Crippen MR) is 140 cm³/mol. The van der Waals surface area contributed by atoms with Crippen molar-refractivity contribution in [2.24, 2.45) is 0 Å². The van der Waals surface area contributed by atoms with E-state index in [1.54, 1.807) is 6.07 Å². The standard InChI is InChI=1S/C27H33N5O3S/c1-20-16-25(32-13-11-31(12-14-32)18-21-6-3-2-4-7-21)30-27(29-20)36-19-23-9-10-24(35-23)26(33)28-17-22-8-5-15-34-22/h2-4,6-7,9-10,16,22H,5,8,11-15,17-19H2,1H3,(H,28,33). The van der Waals surface area contributed by atoms with Gasteiger partial charge in [0.1, 0.15) is 11.6 Å². The van der Waals surface area contributed by atoms with Crippen LogP contribution in [0.2, 0.25) is 0 Å². The Hall–Kier alpha value is -2.88. The number of benzene rings is 1. The number of thioether (sulfide) groups is 1. The maximum atomic E-state index is 12.4. The third-order valence-electron chi connectivity index (χ3n) is 6.51. The summed E-state index contributed by atoms with van der Waals surface area (Å²) in [5, 5.41) is 3.62. The molecule has 4 heterocycles. The molecule has 0 spiro atoms. The number of furan rings is 1. The number of ether oxygens (including phenoxy) is 1. The lowest BCUT2D eigenvalue weighted by molar-refractivity contribution is 0.0834. The summed E-state index contributed by atoms with van der Waals surface area (Å²) >= 11 is 1.52. The zero-order valence-corrected chi connectivity index (χ0v) is 21.5. The molecule has 2 aliphatic rings. The molecule has 2 fully saturated rings. The van der Waals surface area contributed by atoms with Crippen LogP contribution in [-0.2, 0) is 17.0 Å². The molecule has 1 amide bonds. The summed E-state index contributed by atoms with van der Waals surface area (Å²) in [6.45, 7) is 8.17. The Morgan fingerprint density at radius 1 is 1.11 bits per heavy atom. The second-order valence-electron chi connectivity index (χ2n) is 9.30. The minimum absolute atomic E-state index is 0.110. The van der Waals surface area contributed by atoms with Gasteiger partial charge in [-0.3, -0.25) is 9.69 Å². The van der Waals surface area contributed by atoms with E-state index < -0.39 is 0 Å². The third-order valence-corrected chi connectivity index (χ3v) is 7.38. The molecule has 2 aliphatic heterocycles. The summed E-state index contributed by atoms with van der Waals surface area (Å²) in [4.78, 5) is 26.6. The van der Waals surface area contributed by atoms with Crippen LogP contribution in [0.25, 0.3) is 0 Å². The van der Waals surface area contributed by atoms with Crippen LogP contribution < -0.4 is 10.2 Å². The zero-order chi connectivity index (χ0) is 24.7. The van der Waals surface area contributed by atoms with Gasteiger partial charge >= 0.3 is 0 Å². The molecule has 5 rings (SSSR count). The molecule has 1 atom stereocenters. The molecule has 36 heavy (non-hydrogen) atoms. The van der Waals surface area contributed by atoms with Gasteiger partial charge in [-0.2, -0.15) is 0 Å². The van der Waals surface area contributed by atoms with E-state index in [4.69, 9.17) is 14.1 Å². The molecule has 0 bridgehead atoms. The Morgan fingerprint density at radius 2 is 1.94 bits per heavy atom. The Labute approximate surface area is 216 Å². The van der Waals surface area contributed by atoms with Crippen LogP contribution in [0.5, 0.6) is 0 Å². The van der Waals surface area contributed by atoms with E-state index in [0.29, 0.717) is 18.1 Å². The van der Waals surface area contributed by atoms with Crippen molar-refractivity contribution in [2.45, 2.75) is 43.3 Å². The summed E-state index contributed by atoms with van der Waals surface area (Å²) < 4.78 is 11.3. The van der Waals surface area contributed by atoms with Gasteiger partial charge in [-0.1, -0.05) is 42.1 Å². The first kappa shape index (κ1) is 24.8. The maximum Gasteiger partial charge on any atom is 0.287 e. The van der Waals surface area contributed by atoms with Crippen LogP contribution >= 0.6 is 11.8 Å². The van der Waals surface area contributed by atoms with Crippen LogP contribution in [0.4, 0.5) is 5.82 Å². The molecule has 3 aromatic rings. The number of anilines is 1. The Morgan fingerprint density at radius 3 is 2.72 bits per heavy atom. The number of nitrogens with one attached hydrogen (secondary N) is 1. The van der Waals surface area contributed by atoms with E-state index >= 15 is 0 Å². The Kier molecular flexibility index (Phi) is 8.20. The van der Waals surface area contributed by atoms with Crippen molar-refractivity contribution in [3.05, 3.63) is 71.3 Å². The van der Waals surface area contributed by atoms with E-state index in [1.807, 2.05) is 13.0 Å². The monoisotopic (exact) mass is 507 g/mol. The predicted octanol–water partition coefficient (Wildman–Crippen LogP) is 3.90. The molecule has 0 saturated carbocycles. The van der Waals surface area contributed by atoms with E-state index in [9.17, 15) is 4.79 Å². The molecule has 2 aromatic heterocycles. The van der Waals surface area contributed by atoms with Crippen LogP contribution in [0, 0.1) is 6.92 Å². The van der Waals surface area contributed by atoms with Crippen LogP contribution in [-0.4, -0.2) is 66.2 Å². The number of piperazine rings is 1. The lowest BCUT2D eigenvalue weighted by Gasteiger charge is -2.35. The SMILES string of the molecule is Cc1cc(N2CCN(Cc3ccccc3)CC2)nc(SCc2ccc(C(=O)NCC3CCCO3)o2)n1. The van der Waals surface area contributed by atoms with Gasteiger partial charge in [0.15, 0.2) is 10.9 Å². The molecule has 9 heteroatoms. The van der Waals surface area contributed by atoms with E-state index in [-0.39, 0.29) is 12.0 Å². The van der Waals surface area contributed by atoms with Gasteiger partial charge in [-0.25, -0.2) is 9.97 Å². The highest BCUT2D eigenvalue weighted by Gasteiger charge is 2.20. The number of hydrogen-bond donors (Lipinski definition) is 1. The van der Waals surface area contributed by atoms with Gasteiger partial charge in [-0.05, 0) is 37.5 Å². The number of carbonyl (C=O) groups excluding carboxylic acids is 1. The second-order valence-corrected chi connectivity index (χ2v) is 10.2. The number of aromatic nitrogens is 2. The number of amides is 1. The highest BCUT2D eigenvalue weighted by Crippen LogP contribution is 2.25. The summed E-state index contributed by atoms with van der Waals surface area (Å²) in [7, 11) is 0. The highest BCUT2D eigenvalue weighted by molar-refractivity contribution is 7.98. The van der Waals surface area contributed by atoms with Gasteiger partial charge in [0.25, 0.3) is 5.91 Å². The van der Waals surface area contributed by atoms with Crippen molar-refractivity contribution in [3.8, 4) is 0 Å². The van der Waals surface area contributed by atoms with Gasteiger partial charge in [0, 0.05) is 57.6 Å². The lowest BCUT2D eigenvalue weighted by Crippen LogP contribution is -2.46. The second kappa shape index (κ2) is 11.9. The average molecular weight is 508 g/mol. The molecule has 8 nitrogen and oxygen atoms in total. The largest absolute Gasteiger partial charge is 0.455 e. The summed E-state index contributed by atoms with van der Waals surface area (Å²) in [5.41, 5.74) is 2.30. The average Bonchev–Trinajstić information content (AvgIpc) is 3.59. The first-order chi connectivity index (χ1) is 17.6. The number of rotatable bonds is 9.